The minimum absolute atomic E-state index is 0.0592. The largest absolute Gasteiger partial charge is 0.356 e. The van der Waals surface area contributed by atoms with Gasteiger partial charge in [0.15, 0.2) is 5.96 Å². The Hall–Kier alpha value is -2.08. The number of aliphatic imine (C=N–C) groups is 1. The van der Waals surface area contributed by atoms with Crippen molar-refractivity contribution in [2.75, 3.05) is 20.1 Å². The molecule has 2 aromatic rings. The molecule has 1 aromatic carbocycles. The molecule has 1 atom stereocenters. The molecule has 0 saturated heterocycles. The van der Waals surface area contributed by atoms with E-state index in [1.807, 2.05) is 12.3 Å². The molecule has 0 spiro atoms. The first-order valence-electron chi connectivity index (χ1n) is 9.96. The first kappa shape index (κ1) is 22.2. The summed E-state index contributed by atoms with van der Waals surface area (Å²) in [5.41, 5.74) is 1.41. The molecular weight excluding hydrogens is 416 g/mol. The highest BCUT2D eigenvalue weighted by Crippen LogP contribution is 2.16. The molecule has 0 bridgehead atoms. The van der Waals surface area contributed by atoms with Crippen LogP contribution in [0, 0.1) is 5.92 Å². The number of nitrogens with zero attached hydrogens (tertiary/aromatic N) is 2. The first-order chi connectivity index (χ1) is 13.6. The van der Waals surface area contributed by atoms with Crippen LogP contribution in [0.1, 0.15) is 31.7 Å². The summed E-state index contributed by atoms with van der Waals surface area (Å²) in [5, 5.41) is 6.81. The molecule has 0 aliphatic heterocycles. The summed E-state index contributed by atoms with van der Waals surface area (Å²) in [6.45, 7) is 4.70. The van der Waals surface area contributed by atoms with Gasteiger partial charge in [0, 0.05) is 43.4 Å². The molecule has 6 heteroatoms. The molecule has 0 aliphatic rings. The second kappa shape index (κ2) is 12.4. The number of rotatable bonds is 10. The zero-order valence-corrected chi connectivity index (χ0v) is 18.4. The Morgan fingerprint density at radius 1 is 1.18 bits per heavy atom. The average Bonchev–Trinajstić information content (AvgIpc) is 2.70. The maximum absolute atomic E-state index is 11.7. The Morgan fingerprint density at radius 2 is 2.04 bits per heavy atom. The molecule has 2 rings (SSSR count). The van der Waals surface area contributed by atoms with Crippen molar-refractivity contribution in [2.45, 2.75) is 39.2 Å². The zero-order chi connectivity index (χ0) is 20.2. The number of aryl methyl sites for hydroxylation is 1. The third kappa shape index (κ3) is 7.89. The van der Waals surface area contributed by atoms with E-state index in [0.29, 0.717) is 5.92 Å². The summed E-state index contributed by atoms with van der Waals surface area (Å²) in [4.78, 5) is 16.0. The van der Waals surface area contributed by atoms with Gasteiger partial charge in [-0.25, -0.2) is 0 Å². The number of unbranched alkanes of at least 4 members (excludes halogenated alkanes) is 1. The highest BCUT2D eigenvalue weighted by atomic mass is 79.9. The molecule has 1 heterocycles. The molecule has 0 aliphatic carbocycles. The lowest BCUT2D eigenvalue weighted by Crippen LogP contribution is -2.40. The van der Waals surface area contributed by atoms with Crippen LogP contribution < -0.4 is 16.2 Å². The van der Waals surface area contributed by atoms with E-state index in [4.69, 9.17) is 0 Å². The quantitative estimate of drug-likeness (QED) is 0.331. The normalized spacial score (nSPS) is 12.6. The summed E-state index contributed by atoms with van der Waals surface area (Å²) in [7, 11) is 1.80. The van der Waals surface area contributed by atoms with E-state index in [0.717, 1.165) is 55.7 Å². The molecule has 2 N–H and O–H groups in total. The van der Waals surface area contributed by atoms with Gasteiger partial charge in [0.05, 0.1) is 0 Å². The molecule has 0 radical (unpaired) electrons. The summed E-state index contributed by atoms with van der Waals surface area (Å²) in [6.07, 6.45) is 5.94. The second-order valence-electron chi connectivity index (χ2n) is 6.93. The van der Waals surface area contributed by atoms with Gasteiger partial charge in [-0.1, -0.05) is 47.5 Å². The van der Waals surface area contributed by atoms with Crippen molar-refractivity contribution in [1.82, 2.24) is 15.2 Å². The lowest BCUT2D eigenvalue weighted by atomic mass is 9.97. The molecule has 0 amide bonds. The van der Waals surface area contributed by atoms with Gasteiger partial charge in [-0.15, -0.1) is 0 Å². The molecule has 152 valence electrons. The molecule has 1 aromatic heterocycles. The van der Waals surface area contributed by atoms with Gasteiger partial charge in [-0.05, 0) is 48.9 Å². The highest BCUT2D eigenvalue weighted by Gasteiger charge is 2.09. The van der Waals surface area contributed by atoms with Crippen LogP contribution in [-0.4, -0.2) is 30.7 Å². The Labute approximate surface area is 176 Å². The summed E-state index contributed by atoms with van der Waals surface area (Å²) >= 11 is 3.54. The standard InChI is InChI=1S/C22H31BrN4O/c1-3-18(15-19-9-8-10-20(23)16-19)17-26-22(24-2)25-12-5-7-14-27-13-6-4-11-21(27)28/h4,6,8-11,13,16,18H,3,5,7,12,14-15,17H2,1-2H3,(H2,24,25,26). The van der Waals surface area contributed by atoms with Crippen LogP contribution in [0.3, 0.4) is 0 Å². The summed E-state index contributed by atoms with van der Waals surface area (Å²) < 4.78 is 2.88. The van der Waals surface area contributed by atoms with Gasteiger partial charge in [0.2, 0.25) is 5.56 Å². The monoisotopic (exact) mass is 446 g/mol. The van der Waals surface area contributed by atoms with Gasteiger partial charge < -0.3 is 15.2 Å². The predicted molar refractivity (Wildman–Crippen MR) is 121 cm³/mol. The summed E-state index contributed by atoms with van der Waals surface area (Å²) in [5.74, 6) is 1.39. The van der Waals surface area contributed by atoms with E-state index in [9.17, 15) is 4.79 Å². The van der Waals surface area contributed by atoms with Crippen LogP contribution in [0.2, 0.25) is 0 Å². The second-order valence-corrected chi connectivity index (χ2v) is 7.84. The summed E-state index contributed by atoms with van der Waals surface area (Å²) in [6, 6.07) is 13.8. The van der Waals surface area contributed by atoms with Crippen molar-refractivity contribution in [1.29, 1.82) is 0 Å². The first-order valence-corrected chi connectivity index (χ1v) is 10.8. The van der Waals surface area contributed by atoms with Crippen molar-refractivity contribution >= 4 is 21.9 Å². The van der Waals surface area contributed by atoms with Crippen LogP contribution in [0.4, 0.5) is 0 Å². The van der Waals surface area contributed by atoms with Crippen molar-refractivity contribution in [3.8, 4) is 0 Å². The fourth-order valence-electron chi connectivity index (χ4n) is 3.08. The van der Waals surface area contributed by atoms with Crippen molar-refractivity contribution in [3.05, 3.63) is 69.1 Å². The van der Waals surface area contributed by atoms with E-state index < -0.39 is 0 Å². The maximum Gasteiger partial charge on any atom is 0.250 e. The van der Waals surface area contributed by atoms with Crippen molar-refractivity contribution < 1.29 is 0 Å². The third-order valence-corrected chi connectivity index (χ3v) is 5.28. The molecule has 0 fully saturated rings. The minimum atomic E-state index is 0.0592. The van der Waals surface area contributed by atoms with Gasteiger partial charge in [-0.3, -0.25) is 9.79 Å². The van der Waals surface area contributed by atoms with Crippen molar-refractivity contribution in [3.63, 3.8) is 0 Å². The molecule has 1 unspecified atom stereocenters. The number of benzene rings is 1. The number of aromatic nitrogens is 1. The number of nitrogens with one attached hydrogen (secondary N) is 2. The van der Waals surface area contributed by atoms with E-state index in [2.05, 4.69) is 62.7 Å². The third-order valence-electron chi connectivity index (χ3n) is 4.79. The SMILES string of the molecule is CCC(CNC(=NC)NCCCCn1ccccc1=O)Cc1cccc(Br)c1. The maximum atomic E-state index is 11.7. The molecule has 0 saturated carbocycles. The van der Waals surface area contributed by atoms with Gasteiger partial charge in [-0.2, -0.15) is 0 Å². The lowest BCUT2D eigenvalue weighted by Gasteiger charge is -2.18. The highest BCUT2D eigenvalue weighted by molar-refractivity contribution is 9.10. The molecule has 5 nitrogen and oxygen atoms in total. The number of guanidine groups is 1. The van der Waals surface area contributed by atoms with E-state index in [1.165, 1.54) is 5.56 Å². The average molecular weight is 447 g/mol. The van der Waals surface area contributed by atoms with Crippen LogP contribution in [-0.2, 0) is 13.0 Å². The zero-order valence-electron chi connectivity index (χ0n) is 16.8. The lowest BCUT2D eigenvalue weighted by molar-refractivity contribution is 0.492. The van der Waals surface area contributed by atoms with Gasteiger partial charge in [0.1, 0.15) is 0 Å². The Kier molecular flexibility index (Phi) is 9.83. The van der Waals surface area contributed by atoms with Crippen LogP contribution in [0.25, 0.3) is 0 Å². The predicted octanol–water partition coefficient (Wildman–Crippen LogP) is 3.82. The minimum Gasteiger partial charge on any atom is -0.356 e. The fraction of sp³-hybridized carbons (Fsp3) is 0.455. The number of hydrogen-bond donors (Lipinski definition) is 2. The number of halogens is 1. The van der Waals surface area contributed by atoms with Crippen molar-refractivity contribution in [2.24, 2.45) is 10.9 Å². The van der Waals surface area contributed by atoms with Crippen LogP contribution in [0.5, 0.6) is 0 Å². The van der Waals surface area contributed by atoms with E-state index >= 15 is 0 Å². The smallest absolute Gasteiger partial charge is 0.250 e. The van der Waals surface area contributed by atoms with Crippen LogP contribution in [0.15, 0.2) is 62.9 Å². The Morgan fingerprint density at radius 3 is 2.75 bits per heavy atom. The van der Waals surface area contributed by atoms with Gasteiger partial charge in [0.25, 0.3) is 0 Å². The van der Waals surface area contributed by atoms with E-state index in [1.54, 1.807) is 23.7 Å². The number of pyridine rings is 1. The molecule has 28 heavy (non-hydrogen) atoms. The fourth-order valence-corrected chi connectivity index (χ4v) is 3.53. The Balaban J connectivity index is 1.68. The molecular formula is C22H31BrN4O. The number of hydrogen-bond acceptors (Lipinski definition) is 2. The topological polar surface area (TPSA) is 58.4 Å². The Bertz CT molecular complexity index is 803. The van der Waals surface area contributed by atoms with Gasteiger partial charge >= 0.3 is 0 Å². The van der Waals surface area contributed by atoms with Crippen LogP contribution >= 0.6 is 15.9 Å². The van der Waals surface area contributed by atoms with E-state index in [-0.39, 0.29) is 5.56 Å².